The van der Waals surface area contributed by atoms with Gasteiger partial charge in [-0.25, -0.2) is 0 Å². The van der Waals surface area contributed by atoms with E-state index in [0.717, 1.165) is 23.0 Å². The van der Waals surface area contributed by atoms with Gasteiger partial charge in [-0.3, -0.25) is 4.99 Å². The third-order valence-corrected chi connectivity index (χ3v) is 2.85. The van der Waals surface area contributed by atoms with Crippen LogP contribution in [0.5, 0.6) is 0 Å². The molecular formula is C13H23N3O2. The quantitative estimate of drug-likeness (QED) is 0.628. The molecule has 0 aliphatic heterocycles. The first kappa shape index (κ1) is 14.6. The van der Waals surface area contributed by atoms with Gasteiger partial charge < -0.3 is 19.7 Å². The standard InChI is InChI=1S/C13H23N3O2/c1-9-7-11(10(2)18-9)13(3,17)8-15-12(14-4)16(5)6/h7,17H,8H2,1-6H3,(H,14,15). The Labute approximate surface area is 109 Å². The minimum absolute atomic E-state index is 0.373. The molecule has 5 heteroatoms. The summed E-state index contributed by atoms with van der Waals surface area (Å²) < 4.78 is 5.45. The summed E-state index contributed by atoms with van der Waals surface area (Å²) in [6.45, 7) is 5.87. The van der Waals surface area contributed by atoms with E-state index in [1.165, 1.54) is 0 Å². The number of aryl methyl sites for hydroxylation is 2. The van der Waals surface area contributed by atoms with Crippen LogP contribution < -0.4 is 5.32 Å². The third kappa shape index (κ3) is 3.26. The lowest BCUT2D eigenvalue weighted by Gasteiger charge is -2.26. The van der Waals surface area contributed by atoms with Gasteiger partial charge in [0.05, 0.1) is 6.54 Å². The van der Waals surface area contributed by atoms with E-state index in [2.05, 4.69) is 10.3 Å². The molecule has 0 radical (unpaired) electrons. The molecule has 2 N–H and O–H groups in total. The predicted octanol–water partition coefficient (Wildman–Crippen LogP) is 1.24. The van der Waals surface area contributed by atoms with E-state index in [4.69, 9.17) is 4.42 Å². The summed E-state index contributed by atoms with van der Waals surface area (Å²) in [5.74, 6) is 2.28. The minimum Gasteiger partial charge on any atom is -0.466 e. The number of nitrogens with one attached hydrogen (secondary N) is 1. The Morgan fingerprint density at radius 3 is 2.50 bits per heavy atom. The smallest absolute Gasteiger partial charge is 0.193 e. The van der Waals surface area contributed by atoms with Gasteiger partial charge in [-0.2, -0.15) is 0 Å². The Morgan fingerprint density at radius 1 is 1.50 bits per heavy atom. The van der Waals surface area contributed by atoms with Crippen LogP contribution in [0.25, 0.3) is 0 Å². The zero-order valence-corrected chi connectivity index (χ0v) is 12.0. The maximum atomic E-state index is 10.5. The number of aliphatic imine (C=N–C) groups is 1. The van der Waals surface area contributed by atoms with Gasteiger partial charge in [-0.15, -0.1) is 0 Å². The van der Waals surface area contributed by atoms with Crippen LogP contribution in [-0.4, -0.2) is 43.7 Å². The molecule has 18 heavy (non-hydrogen) atoms. The Hall–Kier alpha value is -1.49. The lowest BCUT2D eigenvalue weighted by molar-refractivity contribution is 0.0597. The largest absolute Gasteiger partial charge is 0.466 e. The summed E-state index contributed by atoms with van der Waals surface area (Å²) >= 11 is 0. The van der Waals surface area contributed by atoms with Crippen LogP contribution in [0.3, 0.4) is 0 Å². The molecule has 102 valence electrons. The minimum atomic E-state index is -0.992. The lowest BCUT2D eigenvalue weighted by Crippen LogP contribution is -2.44. The van der Waals surface area contributed by atoms with Crippen LogP contribution in [0.15, 0.2) is 15.5 Å². The number of rotatable bonds is 3. The first-order chi connectivity index (χ1) is 8.27. The normalized spacial score (nSPS) is 15.4. The van der Waals surface area contributed by atoms with Crippen LogP contribution in [0.4, 0.5) is 0 Å². The van der Waals surface area contributed by atoms with Gasteiger partial charge in [0.15, 0.2) is 5.96 Å². The van der Waals surface area contributed by atoms with Gasteiger partial charge >= 0.3 is 0 Å². The Morgan fingerprint density at radius 2 is 2.11 bits per heavy atom. The topological polar surface area (TPSA) is 61.0 Å². The molecule has 0 spiro atoms. The predicted molar refractivity (Wildman–Crippen MR) is 72.8 cm³/mol. The maximum absolute atomic E-state index is 10.5. The van der Waals surface area contributed by atoms with Gasteiger partial charge in [0.25, 0.3) is 0 Å². The second-order valence-corrected chi connectivity index (χ2v) is 4.90. The van der Waals surface area contributed by atoms with Crippen LogP contribution in [-0.2, 0) is 5.60 Å². The molecule has 1 aromatic heterocycles. The third-order valence-electron chi connectivity index (χ3n) is 2.85. The van der Waals surface area contributed by atoms with Crippen molar-refractivity contribution in [3.05, 3.63) is 23.2 Å². The summed E-state index contributed by atoms with van der Waals surface area (Å²) in [6, 6.07) is 1.87. The van der Waals surface area contributed by atoms with Crippen LogP contribution in [0.1, 0.15) is 24.0 Å². The highest BCUT2D eigenvalue weighted by atomic mass is 16.3. The lowest BCUT2D eigenvalue weighted by atomic mass is 9.96. The molecule has 0 saturated heterocycles. The van der Waals surface area contributed by atoms with Crippen molar-refractivity contribution in [2.75, 3.05) is 27.7 Å². The van der Waals surface area contributed by atoms with Crippen LogP contribution >= 0.6 is 0 Å². The molecule has 1 unspecified atom stereocenters. The Kier molecular flexibility index (Phi) is 4.40. The van der Waals surface area contributed by atoms with Crippen LogP contribution in [0, 0.1) is 13.8 Å². The van der Waals surface area contributed by atoms with Gasteiger partial charge in [0.1, 0.15) is 17.1 Å². The summed E-state index contributed by atoms with van der Waals surface area (Å²) in [4.78, 5) is 5.97. The van der Waals surface area contributed by atoms with Crippen molar-refractivity contribution in [2.45, 2.75) is 26.4 Å². The molecular weight excluding hydrogens is 230 g/mol. The van der Waals surface area contributed by atoms with Gasteiger partial charge in [0.2, 0.25) is 0 Å². The van der Waals surface area contributed by atoms with Crippen molar-refractivity contribution in [1.29, 1.82) is 0 Å². The van der Waals surface area contributed by atoms with Gasteiger partial charge in [0, 0.05) is 26.7 Å². The zero-order chi connectivity index (χ0) is 13.9. The summed E-state index contributed by atoms with van der Waals surface area (Å²) in [5.41, 5.74) is -0.185. The number of furan rings is 1. The summed E-state index contributed by atoms with van der Waals surface area (Å²) in [6.07, 6.45) is 0. The second-order valence-electron chi connectivity index (χ2n) is 4.90. The second kappa shape index (κ2) is 5.44. The number of aliphatic hydroxyl groups is 1. The molecule has 1 heterocycles. The van der Waals surface area contributed by atoms with Crippen molar-refractivity contribution in [2.24, 2.45) is 4.99 Å². The molecule has 1 atom stereocenters. The fraction of sp³-hybridized carbons (Fsp3) is 0.615. The van der Waals surface area contributed by atoms with Crippen molar-refractivity contribution in [3.63, 3.8) is 0 Å². The first-order valence-electron chi connectivity index (χ1n) is 5.96. The SMILES string of the molecule is CN=C(NCC(C)(O)c1cc(C)oc1C)N(C)C. The highest BCUT2D eigenvalue weighted by Gasteiger charge is 2.27. The number of nitrogens with zero attached hydrogens (tertiary/aromatic N) is 2. The molecule has 1 rings (SSSR count). The molecule has 0 saturated carbocycles. The highest BCUT2D eigenvalue weighted by Crippen LogP contribution is 2.26. The number of hydrogen-bond acceptors (Lipinski definition) is 3. The van der Waals surface area contributed by atoms with Gasteiger partial charge in [-0.05, 0) is 26.8 Å². The van der Waals surface area contributed by atoms with Crippen molar-refractivity contribution in [3.8, 4) is 0 Å². The molecule has 0 aliphatic carbocycles. The van der Waals surface area contributed by atoms with Crippen LogP contribution in [0.2, 0.25) is 0 Å². The highest BCUT2D eigenvalue weighted by molar-refractivity contribution is 5.79. The molecule has 0 aliphatic rings. The maximum Gasteiger partial charge on any atom is 0.193 e. The molecule has 0 fully saturated rings. The molecule has 0 amide bonds. The van der Waals surface area contributed by atoms with E-state index >= 15 is 0 Å². The van der Waals surface area contributed by atoms with E-state index in [1.54, 1.807) is 14.0 Å². The fourth-order valence-corrected chi connectivity index (χ4v) is 1.95. The number of hydrogen-bond donors (Lipinski definition) is 2. The summed E-state index contributed by atoms with van der Waals surface area (Å²) in [7, 11) is 5.51. The van der Waals surface area contributed by atoms with E-state index in [9.17, 15) is 5.11 Å². The molecule has 0 bridgehead atoms. The Balaban J connectivity index is 2.79. The molecule has 1 aromatic rings. The number of guanidine groups is 1. The molecule has 5 nitrogen and oxygen atoms in total. The van der Waals surface area contributed by atoms with Crippen molar-refractivity contribution >= 4 is 5.96 Å². The van der Waals surface area contributed by atoms with E-state index in [1.807, 2.05) is 38.9 Å². The molecule has 0 aromatic carbocycles. The van der Waals surface area contributed by atoms with E-state index in [0.29, 0.717) is 6.54 Å². The van der Waals surface area contributed by atoms with Crippen molar-refractivity contribution < 1.29 is 9.52 Å². The van der Waals surface area contributed by atoms with Crippen molar-refractivity contribution in [1.82, 2.24) is 10.2 Å². The van der Waals surface area contributed by atoms with E-state index in [-0.39, 0.29) is 0 Å². The monoisotopic (exact) mass is 253 g/mol. The van der Waals surface area contributed by atoms with E-state index < -0.39 is 5.60 Å². The zero-order valence-electron chi connectivity index (χ0n) is 12.0. The average Bonchev–Trinajstić information content (AvgIpc) is 2.58. The van der Waals surface area contributed by atoms with Gasteiger partial charge in [-0.1, -0.05) is 0 Å². The summed E-state index contributed by atoms with van der Waals surface area (Å²) in [5, 5.41) is 13.6. The Bertz CT molecular complexity index is 433. The average molecular weight is 253 g/mol. The fourth-order valence-electron chi connectivity index (χ4n) is 1.95. The first-order valence-corrected chi connectivity index (χ1v) is 5.96.